The van der Waals surface area contributed by atoms with E-state index in [0.29, 0.717) is 28.5 Å². The van der Waals surface area contributed by atoms with Gasteiger partial charge >= 0.3 is 0 Å². The molecule has 0 radical (unpaired) electrons. The molecule has 0 bridgehead atoms. The number of nitrogens with one attached hydrogen (secondary N) is 2. The van der Waals surface area contributed by atoms with Crippen molar-refractivity contribution in [1.29, 1.82) is 0 Å². The molecule has 13 heteroatoms. The number of piperazine rings is 1. The second kappa shape index (κ2) is 16.5. The van der Waals surface area contributed by atoms with Crippen molar-refractivity contribution in [3.05, 3.63) is 93.7 Å². The van der Waals surface area contributed by atoms with Gasteiger partial charge in [-0.2, -0.15) is 0 Å². The van der Waals surface area contributed by atoms with Crippen LogP contribution in [0.2, 0.25) is 0 Å². The summed E-state index contributed by atoms with van der Waals surface area (Å²) in [6.45, 7) is 11.8. The average molecular weight is 843 g/mol. The predicted molar refractivity (Wildman–Crippen MR) is 235 cm³/mol. The van der Waals surface area contributed by atoms with Gasteiger partial charge in [-0.05, 0) is 85.7 Å². The summed E-state index contributed by atoms with van der Waals surface area (Å²) < 4.78 is 0. The highest BCUT2D eigenvalue weighted by Gasteiger charge is 2.46. The number of hydrogen-bond acceptors (Lipinski definition) is 9. The summed E-state index contributed by atoms with van der Waals surface area (Å²) in [6, 6.07) is 17.3. The lowest BCUT2D eigenvalue weighted by atomic mass is 9.70. The van der Waals surface area contributed by atoms with Crippen molar-refractivity contribution < 1.29 is 28.8 Å². The molecule has 61 heavy (non-hydrogen) atoms. The van der Waals surface area contributed by atoms with E-state index in [2.05, 4.69) is 59.1 Å². The lowest BCUT2D eigenvalue weighted by Crippen LogP contribution is -2.54. The molecule has 3 aromatic carbocycles. The number of imide groups is 2. The minimum absolute atomic E-state index is 0.0847. The zero-order valence-corrected chi connectivity index (χ0v) is 36.1. The van der Waals surface area contributed by atoms with Crippen LogP contribution in [0.4, 0.5) is 5.69 Å². The van der Waals surface area contributed by atoms with Crippen LogP contribution >= 0.6 is 11.8 Å². The maximum Gasteiger partial charge on any atom is 0.263 e. The van der Waals surface area contributed by atoms with Crippen molar-refractivity contribution in [3.63, 3.8) is 0 Å². The third-order valence-corrected chi connectivity index (χ3v) is 14.9. The number of rotatable bonds is 11. The number of aromatic nitrogens is 1. The third kappa shape index (κ3) is 7.37. The Labute approximate surface area is 360 Å². The van der Waals surface area contributed by atoms with Crippen LogP contribution in [0, 0.1) is 0 Å². The molecule has 0 spiro atoms. The number of unbranched alkanes of at least 4 members (excludes halogenated alkanes) is 2. The Balaban J connectivity index is 0.726. The number of carbonyl (C=O) groups excluding carboxylic acids is 6. The number of hydrogen-bond donors (Lipinski definition) is 2. The fourth-order valence-electron chi connectivity index (χ4n) is 10.3. The summed E-state index contributed by atoms with van der Waals surface area (Å²) in [5.41, 5.74) is 7.51. The topological polar surface area (TPSA) is 143 Å². The van der Waals surface area contributed by atoms with Gasteiger partial charge in [0, 0.05) is 96.3 Å². The Morgan fingerprint density at radius 3 is 2.34 bits per heavy atom. The summed E-state index contributed by atoms with van der Waals surface area (Å²) in [6.07, 6.45) is 6.25. The number of fused-ring (bicyclic) bond motifs is 5. The molecule has 3 saturated heterocycles. The fourth-order valence-corrected chi connectivity index (χ4v) is 11.4. The van der Waals surface area contributed by atoms with Crippen LogP contribution in [0.25, 0.3) is 10.9 Å². The van der Waals surface area contributed by atoms with Gasteiger partial charge in [-0.15, -0.1) is 11.8 Å². The molecular weight excluding hydrogens is 789 g/mol. The van der Waals surface area contributed by atoms with Crippen molar-refractivity contribution in [2.75, 3.05) is 49.9 Å². The van der Waals surface area contributed by atoms with Crippen LogP contribution in [0.1, 0.15) is 126 Å². The van der Waals surface area contributed by atoms with Crippen molar-refractivity contribution >= 4 is 63.7 Å². The molecule has 5 amide bonds. The second-order valence-corrected chi connectivity index (χ2v) is 18.8. The number of aryl methyl sites for hydroxylation is 1. The van der Waals surface area contributed by atoms with E-state index in [1.807, 2.05) is 29.2 Å². The largest absolute Gasteiger partial charge is 0.371 e. The Morgan fingerprint density at radius 2 is 1.59 bits per heavy atom. The van der Waals surface area contributed by atoms with Crippen molar-refractivity contribution in [2.45, 2.75) is 101 Å². The Bertz CT molecular complexity index is 2460. The SMILES string of the molecule is CCc1cc2c(cc1N1CCC(N3CCN(C(=O)CCCCCSc4cccc5c4C(=O)N(C4CCC(=O)NC4=O)C5=O)CC3)CC1)C(C)(C)c1[nH]c3ccccc3c1C2=O. The van der Waals surface area contributed by atoms with E-state index in [0.717, 1.165) is 122 Å². The Morgan fingerprint density at radius 1 is 0.820 bits per heavy atom. The number of benzene rings is 3. The smallest absolute Gasteiger partial charge is 0.263 e. The minimum atomic E-state index is -0.984. The molecule has 5 aliphatic rings. The molecule has 1 aliphatic carbocycles. The van der Waals surface area contributed by atoms with Gasteiger partial charge < -0.3 is 14.8 Å². The number of ketones is 1. The molecule has 2 N–H and O–H groups in total. The van der Waals surface area contributed by atoms with Gasteiger partial charge in [-0.3, -0.25) is 43.9 Å². The molecule has 5 heterocycles. The maximum absolute atomic E-state index is 14.0. The summed E-state index contributed by atoms with van der Waals surface area (Å²) in [5, 5.41) is 3.24. The highest BCUT2D eigenvalue weighted by Crippen LogP contribution is 2.46. The number of aromatic amines is 1. The first-order valence-electron chi connectivity index (χ1n) is 22.0. The van der Waals surface area contributed by atoms with E-state index in [1.165, 1.54) is 23.0 Å². The highest BCUT2D eigenvalue weighted by molar-refractivity contribution is 7.99. The number of H-pyrrole nitrogens is 1. The molecule has 1 atom stereocenters. The number of para-hydroxylation sites is 1. The van der Waals surface area contributed by atoms with Crippen molar-refractivity contribution in [2.24, 2.45) is 0 Å². The predicted octanol–water partition coefficient (Wildman–Crippen LogP) is 6.47. The number of anilines is 1. The van der Waals surface area contributed by atoms with Crippen LogP contribution in [-0.2, 0) is 26.2 Å². The van der Waals surface area contributed by atoms with Gasteiger partial charge in [0.25, 0.3) is 11.8 Å². The van der Waals surface area contributed by atoms with Gasteiger partial charge in [0.2, 0.25) is 17.7 Å². The summed E-state index contributed by atoms with van der Waals surface area (Å²) in [7, 11) is 0. The molecule has 0 saturated carbocycles. The Hall–Kier alpha value is -5.27. The molecule has 4 aliphatic heterocycles. The molecule has 4 aromatic rings. The van der Waals surface area contributed by atoms with Gasteiger partial charge in [-0.25, -0.2) is 0 Å². The first-order chi connectivity index (χ1) is 29.5. The van der Waals surface area contributed by atoms with E-state index in [1.54, 1.807) is 12.1 Å². The first kappa shape index (κ1) is 41.1. The summed E-state index contributed by atoms with van der Waals surface area (Å²) in [4.78, 5) is 90.4. The molecule has 9 rings (SSSR count). The summed E-state index contributed by atoms with van der Waals surface area (Å²) in [5.74, 6) is -0.937. The fraction of sp³-hybridized carbons (Fsp3) is 0.458. The van der Waals surface area contributed by atoms with E-state index in [9.17, 15) is 28.8 Å². The normalized spacial score (nSPS) is 20.6. The van der Waals surface area contributed by atoms with E-state index in [4.69, 9.17) is 0 Å². The zero-order valence-electron chi connectivity index (χ0n) is 35.3. The van der Waals surface area contributed by atoms with Crippen molar-refractivity contribution in [3.8, 4) is 0 Å². The van der Waals surface area contributed by atoms with Crippen LogP contribution in [0.3, 0.4) is 0 Å². The maximum atomic E-state index is 14.0. The molecule has 318 valence electrons. The van der Waals surface area contributed by atoms with Crippen molar-refractivity contribution in [1.82, 2.24) is 25.0 Å². The van der Waals surface area contributed by atoms with Crippen LogP contribution in [0.15, 0.2) is 59.5 Å². The monoisotopic (exact) mass is 842 g/mol. The van der Waals surface area contributed by atoms with E-state index >= 15 is 0 Å². The molecule has 3 fully saturated rings. The lowest BCUT2D eigenvalue weighted by molar-refractivity contribution is -0.136. The molecule has 12 nitrogen and oxygen atoms in total. The molecule has 1 unspecified atom stereocenters. The molecule has 1 aromatic heterocycles. The van der Waals surface area contributed by atoms with Gasteiger partial charge in [0.05, 0.1) is 16.7 Å². The van der Waals surface area contributed by atoms with Crippen LogP contribution in [-0.4, -0.2) is 112 Å². The number of carbonyl (C=O) groups is 6. The van der Waals surface area contributed by atoms with Crippen LogP contribution < -0.4 is 10.2 Å². The zero-order chi connectivity index (χ0) is 42.6. The number of amides is 5. The third-order valence-electron chi connectivity index (χ3n) is 13.8. The minimum Gasteiger partial charge on any atom is -0.371 e. The van der Waals surface area contributed by atoms with E-state index < -0.39 is 29.7 Å². The number of piperidine rings is 2. The standard InChI is InChI=1S/C48H54N6O6S/c1-4-29-27-33-34(48(2,3)44-42(43(33)57)31-11-7-8-13-35(31)49-44)28-37(29)52-20-18-30(19-21-52)51-22-24-53(25-23-51)40(56)15-6-5-9-26-61-38-14-10-12-32-41(38)47(60)54(46(32)59)36-16-17-39(55)50-45(36)58/h7-8,10-14,27-28,30,36,49H,4-6,9,15-26H2,1-3H3,(H,50,55,58). The molecular formula is C48H54N6O6S. The summed E-state index contributed by atoms with van der Waals surface area (Å²) >= 11 is 1.51. The highest BCUT2D eigenvalue weighted by atomic mass is 32.2. The number of nitrogens with zero attached hydrogens (tertiary/aromatic N) is 4. The van der Waals surface area contributed by atoms with Gasteiger partial charge in [0.1, 0.15) is 6.04 Å². The number of thioether (sulfide) groups is 1. The Kier molecular flexibility index (Phi) is 11.1. The van der Waals surface area contributed by atoms with E-state index in [-0.39, 0.29) is 29.9 Å². The second-order valence-electron chi connectivity index (χ2n) is 17.7. The van der Waals surface area contributed by atoms with Gasteiger partial charge in [-0.1, -0.05) is 51.5 Å². The first-order valence-corrected chi connectivity index (χ1v) is 23.0. The van der Waals surface area contributed by atoms with Gasteiger partial charge in [0.15, 0.2) is 5.78 Å². The average Bonchev–Trinajstić information content (AvgIpc) is 3.79. The lowest BCUT2D eigenvalue weighted by Gasteiger charge is -2.44. The quantitative estimate of drug-likeness (QED) is 0.0988. The van der Waals surface area contributed by atoms with Crippen LogP contribution in [0.5, 0.6) is 0 Å².